The van der Waals surface area contributed by atoms with Gasteiger partial charge in [-0.15, -0.1) is 0 Å². The Hall–Kier alpha value is -1.23. The van der Waals surface area contributed by atoms with Gasteiger partial charge in [0.1, 0.15) is 0 Å². The minimum absolute atomic E-state index is 0.00698. The third-order valence-electron chi connectivity index (χ3n) is 3.44. The van der Waals surface area contributed by atoms with E-state index in [4.69, 9.17) is 0 Å². The van der Waals surface area contributed by atoms with Crippen LogP contribution in [0.25, 0.3) is 0 Å². The van der Waals surface area contributed by atoms with E-state index in [0.717, 1.165) is 6.07 Å². The summed E-state index contributed by atoms with van der Waals surface area (Å²) in [5, 5.41) is 12.9. The first-order valence-electron chi connectivity index (χ1n) is 6.18. The molecule has 108 valence electrons. The Morgan fingerprint density at radius 3 is 2.32 bits per heavy atom. The van der Waals surface area contributed by atoms with Crippen LogP contribution in [0, 0.1) is 12.8 Å². The fourth-order valence-electron chi connectivity index (χ4n) is 1.52. The van der Waals surface area contributed by atoms with Crippen molar-refractivity contribution in [2.75, 3.05) is 11.9 Å². The molecule has 0 spiro atoms. The fraction of sp³-hybridized carbons (Fsp3) is 0.571. The van der Waals surface area contributed by atoms with E-state index in [9.17, 15) is 18.3 Å². The maximum atomic E-state index is 12.8. The van der Waals surface area contributed by atoms with Gasteiger partial charge in [0.25, 0.3) is 0 Å². The topological polar surface area (TPSA) is 32.3 Å². The zero-order chi connectivity index (χ0) is 14.8. The lowest BCUT2D eigenvalue weighted by atomic mass is 9.92. The molecule has 0 saturated carbocycles. The number of aryl methyl sites for hydroxylation is 1. The maximum Gasteiger partial charge on any atom is 0.416 e. The van der Waals surface area contributed by atoms with Gasteiger partial charge in [0.05, 0.1) is 11.2 Å². The first kappa shape index (κ1) is 15.8. The standard InChI is InChI=1S/C14H20F3NO/c1-9(2)13(4,19)8-18-11-6-5-10(3)12(7-11)14(15,16)17/h5-7,9,18-19H,8H2,1-4H3. The number of rotatable bonds is 4. The summed E-state index contributed by atoms with van der Waals surface area (Å²) in [6.07, 6.45) is -4.36. The second kappa shape index (κ2) is 5.41. The highest BCUT2D eigenvalue weighted by molar-refractivity contribution is 5.49. The molecule has 5 heteroatoms. The molecule has 0 amide bonds. The molecule has 1 aromatic rings. The molecule has 0 radical (unpaired) electrons. The average molecular weight is 275 g/mol. The number of halogens is 3. The van der Waals surface area contributed by atoms with E-state index < -0.39 is 17.3 Å². The van der Waals surface area contributed by atoms with Crippen molar-refractivity contribution in [2.45, 2.75) is 39.5 Å². The van der Waals surface area contributed by atoms with Crippen molar-refractivity contribution < 1.29 is 18.3 Å². The van der Waals surface area contributed by atoms with E-state index in [1.807, 2.05) is 13.8 Å². The first-order chi connectivity index (χ1) is 8.54. The van der Waals surface area contributed by atoms with Crippen LogP contribution < -0.4 is 5.32 Å². The van der Waals surface area contributed by atoms with E-state index >= 15 is 0 Å². The molecule has 1 rings (SSSR count). The number of benzene rings is 1. The molecule has 0 bridgehead atoms. The molecule has 19 heavy (non-hydrogen) atoms. The molecule has 1 unspecified atom stereocenters. The summed E-state index contributed by atoms with van der Waals surface area (Å²) in [6.45, 7) is 7.00. The predicted octanol–water partition coefficient (Wildman–Crippen LogP) is 3.83. The van der Waals surface area contributed by atoms with Crippen molar-refractivity contribution >= 4 is 5.69 Å². The Bertz CT molecular complexity index is 439. The van der Waals surface area contributed by atoms with Gasteiger partial charge in [0.15, 0.2) is 0 Å². The third kappa shape index (κ3) is 4.13. The zero-order valence-electron chi connectivity index (χ0n) is 11.6. The first-order valence-corrected chi connectivity index (χ1v) is 6.18. The molecule has 0 aliphatic rings. The van der Waals surface area contributed by atoms with Crippen LogP contribution in [0.4, 0.5) is 18.9 Å². The Balaban J connectivity index is 2.87. The molecule has 0 aliphatic carbocycles. The third-order valence-corrected chi connectivity index (χ3v) is 3.44. The van der Waals surface area contributed by atoms with Crippen LogP contribution in [0.2, 0.25) is 0 Å². The van der Waals surface area contributed by atoms with Gasteiger partial charge < -0.3 is 10.4 Å². The minimum Gasteiger partial charge on any atom is -0.388 e. The van der Waals surface area contributed by atoms with Gasteiger partial charge in [0, 0.05) is 12.2 Å². The molecule has 1 atom stereocenters. The van der Waals surface area contributed by atoms with E-state index in [-0.39, 0.29) is 18.0 Å². The molecule has 0 heterocycles. The molecule has 0 saturated heterocycles. The molecule has 2 N–H and O–H groups in total. The lowest BCUT2D eigenvalue weighted by molar-refractivity contribution is -0.138. The molecule has 0 fully saturated rings. The van der Waals surface area contributed by atoms with Gasteiger partial charge in [-0.05, 0) is 37.5 Å². The summed E-state index contributed by atoms with van der Waals surface area (Å²) in [5.74, 6) is 0.00698. The Morgan fingerprint density at radius 1 is 1.26 bits per heavy atom. The van der Waals surface area contributed by atoms with E-state index in [2.05, 4.69) is 5.32 Å². The summed E-state index contributed by atoms with van der Waals surface area (Å²) >= 11 is 0. The molecule has 1 aromatic carbocycles. The van der Waals surface area contributed by atoms with Crippen molar-refractivity contribution in [3.05, 3.63) is 29.3 Å². The Morgan fingerprint density at radius 2 is 1.84 bits per heavy atom. The fourth-order valence-corrected chi connectivity index (χ4v) is 1.52. The highest BCUT2D eigenvalue weighted by Gasteiger charge is 2.32. The quantitative estimate of drug-likeness (QED) is 0.875. The summed E-state index contributed by atoms with van der Waals surface area (Å²) < 4.78 is 38.3. The zero-order valence-corrected chi connectivity index (χ0v) is 11.6. The van der Waals surface area contributed by atoms with Crippen LogP contribution in [0.15, 0.2) is 18.2 Å². The summed E-state index contributed by atoms with van der Waals surface area (Å²) in [6, 6.07) is 4.09. The van der Waals surface area contributed by atoms with Crippen molar-refractivity contribution in [2.24, 2.45) is 5.92 Å². The van der Waals surface area contributed by atoms with Crippen molar-refractivity contribution in [3.8, 4) is 0 Å². The normalized spacial score (nSPS) is 15.4. The molecule has 2 nitrogen and oxygen atoms in total. The number of hydrogen-bond donors (Lipinski definition) is 2. The second-order valence-electron chi connectivity index (χ2n) is 5.39. The Labute approximate surface area is 111 Å². The minimum atomic E-state index is -4.36. The largest absolute Gasteiger partial charge is 0.416 e. The predicted molar refractivity (Wildman–Crippen MR) is 70.1 cm³/mol. The summed E-state index contributed by atoms with van der Waals surface area (Å²) in [4.78, 5) is 0. The van der Waals surface area contributed by atoms with E-state index in [1.165, 1.54) is 13.0 Å². The second-order valence-corrected chi connectivity index (χ2v) is 5.39. The lowest BCUT2D eigenvalue weighted by Gasteiger charge is -2.28. The van der Waals surface area contributed by atoms with Crippen molar-refractivity contribution in [1.29, 1.82) is 0 Å². The summed E-state index contributed by atoms with van der Waals surface area (Å²) in [5.41, 5.74) is -1.07. The highest BCUT2D eigenvalue weighted by Crippen LogP contribution is 2.33. The van der Waals surface area contributed by atoms with Crippen LogP contribution in [0.5, 0.6) is 0 Å². The van der Waals surface area contributed by atoms with Crippen molar-refractivity contribution in [3.63, 3.8) is 0 Å². The number of alkyl halides is 3. The number of aliphatic hydroxyl groups is 1. The van der Waals surface area contributed by atoms with Crippen LogP contribution in [-0.4, -0.2) is 17.3 Å². The highest BCUT2D eigenvalue weighted by atomic mass is 19.4. The van der Waals surface area contributed by atoms with E-state index in [1.54, 1.807) is 13.0 Å². The van der Waals surface area contributed by atoms with Gasteiger partial charge >= 0.3 is 6.18 Å². The van der Waals surface area contributed by atoms with Gasteiger partial charge in [0.2, 0.25) is 0 Å². The van der Waals surface area contributed by atoms with Crippen LogP contribution in [0.3, 0.4) is 0 Å². The lowest BCUT2D eigenvalue weighted by Crippen LogP contribution is -2.38. The number of hydrogen-bond acceptors (Lipinski definition) is 2. The molecular weight excluding hydrogens is 255 g/mol. The monoisotopic (exact) mass is 275 g/mol. The molecule has 0 aromatic heterocycles. The van der Waals surface area contributed by atoms with Crippen LogP contribution >= 0.6 is 0 Å². The number of nitrogens with one attached hydrogen (secondary N) is 1. The van der Waals surface area contributed by atoms with Crippen LogP contribution in [-0.2, 0) is 6.18 Å². The number of anilines is 1. The van der Waals surface area contributed by atoms with Gasteiger partial charge in [-0.2, -0.15) is 13.2 Å². The van der Waals surface area contributed by atoms with Gasteiger partial charge in [-0.1, -0.05) is 19.9 Å². The van der Waals surface area contributed by atoms with Gasteiger partial charge in [-0.3, -0.25) is 0 Å². The molecule has 0 aliphatic heterocycles. The van der Waals surface area contributed by atoms with Gasteiger partial charge in [-0.25, -0.2) is 0 Å². The Kier molecular flexibility index (Phi) is 4.50. The maximum absolute atomic E-state index is 12.8. The van der Waals surface area contributed by atoms with Crippen LogP contribution in [0.1, 0.15) is 31.9 Å². The molecular formula is C14H20F3NO. The summed E-state index contributed by atoms with van der Waals surface area (Å²) in [7, 11) is 0. The average Bonchev–Trinajstić information content (AvgIpc) is 2.26. The van der Waals surface area contributed by atoms with E-state index in [0.29, 0.717) is 5.69 Å². The van der Waals surface area contributed by atoms with Crippen molar-refractivity contribution in [1.82, 2.24) is 0 Å². The SMILES string of the molecule is Cc1ccc(NCC(C)(O)C(C)C)cc1C(F)(F)F. The smallest absolute Gasteiger partial charge is 0.388 e.